The van der Waals surface area contributed by atoms with Gasteiger partial charge in [0.1, 0.15) is 0 Å². The highest BCUT2D eigenvalue weighted by Crippen LogP contribution is 2.23. The van der Waals surface area contributed by atoms with Gasteiger partial charge < -0.3 is 10.1 Å². The molecule has 94 valence electrons. The van der Waals surface area contributed by atoms with E-state index in [1.807, 2.05) is 11.4 Å². The van der Waals surface area contributed by atoms with E-state index in [4.69, 9.17) is 4.74 Å². The lowest BCUT2D eigenvalue weighted by molar-refractivity contribution is 0.0858. The Balaban J connectivity index is 1.85. The fourth-order valence-electron chi connectivity index (χ4n) is 1.89. The van der Waals surface area contributed by atoms with Crippen LogP contribution in [0.1, 0.15) is 47.8 Å². The molecule has 17 heavy (non-hydrogen) atoms. The van der Waals surface area contributed by atoms with Crippen LogP contribution in [-0.4, -0.2) is 25.2 Å². The zero-order valence-electron chi connectivity index (χ0n) is 10.4. The summed E-state index contributed by atoms with van der Waals surface area (Å²) in [6.07, 6.45) is 2.37. The Kier molecular flexibility index (Phi) is 4.18. The molecule has 1 fully saturated rings. The summed E-state index contributed by atoms with van der Waals surface area (Å²) in [4.78, 5) is 13.1. The highest BCUT2D eigenvalue weighted by molar-refractivity contribution is 7.10. The van der Waals surface area contributed by atoms with Crippen LogP contribution in [0.25, 0.3) is 0 Å². The molecular weight excluding hydrogens is 234 g/mol. The van der Waals surface area contributed by atoms with Crippen LogP contribution in [0.3, 0.4) is 0 Å². The van der Waals surface area contributed by atoms with E-state index in [1.54, 1.807) is 11.3 Å². The largest absolute Gasteiger partial charge is 0.376 e. The molecule has 1 atom stereocenters. The topological polar surface area (TPSA) is 38.3 Å². The minimum absolute atomic E-state index is 0.0173. The van der Waals surface area contributed by atoms with Gasteiger partial charge in [0.2, 0.25) is 0 Å². The van der Waals surface area contributed by atoms with Crippen LogP contribution in [0.15, 0.2) is 11.4 Å². The van der Waals surface area contributed by atoms with Gasteiger partial charge in [0.05, 0.1) is 11.7 Å². The van der Waals surface area contributed by atoms with Gasteiger partial charge in [-0.25, -0.2) is 0 Å². The third-order valence-corrected chi connectivity index (χ3v) is 4.20. The van der Waals surface area contributed by atoms with Gasteiger partial charge in [0.25, 0.3) is 5.91 Å². The van der Waals surface area contributed by atoms with Crippen molar-refractivity contribution in [1.29, 1.82) is 0 Å². The zero-order valence-corrected chi connectivity index (χ0v) is 11.2. The van der Waals surface area contributed by atoms with Crippen molar-refractivity contribution in [2.24, 2.45) is 0 Å². The molecule has 1 aliphatic heterocycles. The number of hydrogen-bond acceptors (Lipinski definition) is 3. The molecule has 2 rings (SSSR count). The number of thiophene rings is 1. The second-order valence-corrected chi connectivity index (χ2v) is 5.68. The first-order valence-electron chi connectivity index (χ1n) is 6.15. The van der Waals surface area contributed by atoms with Crippen molar-refractivity contribution >= 4 is 17.2 Å². The molecule has 1 saturated heterocycles. The lowest BCUT2D eigenvalue weighted by Crippen LogP contribution is -2.31. The molecule has 0 aromatic carbocycles. The van der Waals surface area contributed by atoms with Gasteiger partial charge in [0.15, 0.2) is 0 Å². The number of carbonyl (C=O) groups excluding carboxylic acids is 1. The van der Waals surface area contributed by atoms with Crippen molar-refractivity contribution in [3.05, 3.63) is 21.9 Å². The normalized spacial score (nSPS) is 19.8. The van der Waals surface area contributed by atoms with E-state index >= 15 is 0 Å². The second-order valence-electron chi connectivity index (χ2n) is 4.74. The summed E-state index contributed by atoms with van der Waals surface area (Å²) in [5.74, 6) is 0.503. The number of ether oxygens (including phenoxy) is 1. The van der Waals surface area contributed by atoms with Crippen molar-refractivity contribution in [1.82, 2.24) is 5.32 Å². The number of hydrogen-bond donors (Lipinski definition) is 1. The Hall–Kier alpha value is -0.870. The van der Waals surface area contributed by atoms with Crippen molar-refractivity contribution in [3.8, 4) is 0 Å². The SMILES string of the molecule is CC(C)c1cc(C(=O)NC[C@H]2CCCO2)cs1. The molecule has 0 spiro atoms. The summed E-state index contributed by atoms with van der Waals surface area (Å²) in [6.45, 7) is 5.74. The van der Waals surface area contributed by atoms with Gasteiger partial charge >= 0.3 is 0 Å². The summed E-state index contributed by atoms with van der Waals surface area (Å²) in [5.41, 5.74) is 0.775. The Bertz CT molecular complexity index is 381. The molecule has 1 aromatic heterocycles. The van der Waals surface area contributed by atoms with Gasteiger partial charge in [-0.15, -0.1) is 11.3 Å². The van der Waals surface area contributed by atoms with E-state index in [0.717, 1.165) is 25.0 Å². The molecule has 3 nitrogen and oxygen atoms in total. The minimum atomic E-state index is 0.0173. The number of amides is 1. The van der Waals surface area contributed by atoms with E-state index in [1.165, 1.54) is 4.88 Å². The van der Waals surface area contributed by atoms with E-state index in [2.05, 4.69) is 19.2 Å². The molecule has 4 heteroatoms. The van der Waals surface area contributed by atoms with Crippen LogP contribution in [0.5, 0.6) is 0 Å². The third-order valence-electron chi connectivity index (χ3n) is 2.97. The first-order chi connectivity index (χ1) is 8.16. The Morgan fingerprint density at radius 1 is 1.65 bits per heavy atom. The quantitative estimate of drug-likeness (QED) is 0.896. The summed E-state index contributed by atoms with van der Waals surface area (Å²) in [7, 11) is 0. The predicted octanol–water partition coefficient (Wildman–Crippen LogP) is 2.78. The van der Waals surface area contributed by atoms with E-state index in [-0.39, 0.29) is 12.0 Å². The van der Waals surface area contributed by atoms with Gasteiger partial charge in [-0.05, 0) is 24.8 Å². The van der Waals surface area contributed by atoms with Crippen LogP contribution in [0.2, 0.25) is 0 Å². The maximum atomic E-state index is 11.9. The van der Waals surface area contributed by atoms with Crippen LogP contribution in [-0.2, 0) is 4.74 Å². The number of nitrogens with one attached hydrogen (secondary N) is 1. The standard InChI is InChI=1S/C13H19NO2S/c1-9(2)12-6-10(8-17-12)13(15)14-7-11-4-3-5-16-11/h6,8-9,11H,3-5,7H2,1-2H3,(H,14,15)/t11-/m1/s1. The molecule has 1 aromatic rings. The van der Waals surface area contributed by atoms with Crippen molar-refractivity contribution in [2.75, 3.05) is 13.2 Å². The number of rotatable bonds is 4. The average Bonchev–Trinajstić information content (AvgIpc) is 2.96. The molecule has 1 N–H and O–H groups in total. The summed E-state index contributed by atoms with van der Waals surface area (Å²) in [6, 6.07) is 1.99. The molecule has 2 heterocycles. The molecule has 0 aliphatic carbocycles. The molecule has 1 aliphatic rings. The molecule has 0 unspecified atom stereocenters. The molecule has 0 saturated carbocycles. The van der Waals surface area contributed by atoms with Gasteiger partial charge in [-0.1, -0.05) is 13.8 Å². The van der Waals surface area contributed by atoms with Gasteiger partial charge in [0, 0.05) is 23.4 Å². The summed E-state index contributed by atoms with van der Waals surface area (Å²) < 4.78 is 5.47. The fourth-order valence-corrected chi connectivity index (χ4v) is 2.79. The van der Waals surface area contributed by atoms with Gasteiger partial charge in [-0.2, -0.15) is 0 Å². The van der Waals surface area contributed by atoms with Crippen molar-refractivity contribution < 1.29 is 9.53 Å². The second kappa shape index (κ2) is 5.65. The van der Waals surface area contributed by atoms with Crippen LogP contribution in [0, 0.1) is 0 Å². The van der Waals surface area contributed by atoms with Crippen LogP contribution < -0.4 is 5.32 Å². The maximum Gasteiger partial charge on any atom is 0.252 e. The lowest BCUT2D eigenvalue weighted by Gasteiger charge is -2.09. The first kappa shape index (κ1) is 12.6. The highest BCUT2D eigenvalue weighted by atomic mass is 32.1. The summed E-state index contributed by atoms with van der Waals surface area (Å²) >= 11 is 1.65. The lowest BCUT2D eigenvalue weighted by atomic mass is 10.1. The van der Waals surface area contributed by atoms with Crippen molar-refractivity contribution in [3.63, 3.8) is 0 Å². The third kappa shape index (κ3) is 3.30. The van der Waals surface area contributed by atoms with Crippen LogP contribution in [0.4, 0.5) is 0 Å². The van der Waals surface area contributed by atoms with E-state index < -0.39 is 0 Å². The Morgan fingerprint density at radius 3 is 3.06 bits per heavy atom. The monoisotopic (exact) mass is 253 g/mol. The maximum absolute atomic E-state index is 11.9. The highest BCUT2D eigenvalue weighted by Gasteiger charge is 2.17. The smallest absolute Gasteiger partial charge is 0.252 e. The average molecular weight is 253 g/mol. The first-order valence-corrected chi connectivity index (χ1v) is 7.03. The minimum Gasteiger partial charge on any atom is -0.376 e. The Morgan fingerprint density at radius 2 is 2.47 bits per heavy atom. The fraction of sp³-hybridized carbons (Fsp3) is 0.615. The Labute approximate surface area is 106 Å². The number of carbonyl (C=O) groups is 1. The van der Waals surface area contributed by atoms with E-state index in [0.29, 0.717) is 12.5 Å². The van der Waals surface area contributed by atoms with E-state index in [9.17, 15) is 4.79 Å². The predicted molar refractivity (Wildman–Crippen MR) is 69.7 cm³/mol. The molecule has 1 amide bonds. The molecular formula is C13H19NO2S. The van der Waals surface area contributed by atoms with Crippen LogP contribution >= 0.6 is 11.3 Å². The molecule has 0 radical (unpaired) electrons. The zero-order chi connectivity index (χ0) is 12.3. The van der Waals surface area contributed by atoms with Crippen molar-refractivity contribution in [2.45, 2.75) is 38.7 Å². The molecule has 0 bridgehead atoms. The summed E-state index contributed by atoms with van der Waals surface area (Å²) in [5, 5.41) is 4.87. The van der Waals surface area contributed by atoms with Gasteiger partial charge in [-0.3, -0.25) is 4.79 Å².